The Hall–Kier alpha value is -3.32. The van der Waals surface area contributed by atoms with Crippen LogP contribution in [0.25, 0.3) is 22.2 Å². The number of pyridine rings is 2. The molecule has 1 atom stereocenters. The van der Waals surface area contributed by atoms with E-state index in [2.05, 4.69) is 25.3 Å². The fraction of sp³-hybridized carbons (Fsp3) is 0.143. The third kappa shape index (κ3) is 3.82. The summed E-state index contributed by atoms with van der Waals surface area (Å²) in [5.41, 5.74) is 3.25. The summed E-state index contributed by atoms with van der Waals surface area (Å²) in [6.07, 6.45) is 5.14. The largest absolute Gasteiger partial charge is 0.347 e. The van der Waals surface area contributed by atoms with E-state index in [4.69, 9.17) is 11.6 Å². The van der Waals surface area contributed by atoms with Crippen LogP contribution in [-0.4, -0.2) is 19.9 Å². The van der Waals surface area contributed by atoms with Gasteiger partial charge in [0.25, 0.3) is 5.56 Å². The number of fused-ring (bicyclic) bond motifs is 1. The fourth-order valence-corrected chi connectivity index (χ4v) is 3.32. The number of hydrogen-bond acceptors (Lipinski definition) is 5. The molecule has 0 saturated heterocycles. The minimum atomic E-state index is -0.578. The number of halogens is 2. The first kappa shape index (κ1) is 19.0. The third-order valence-electron chi connectivity index (χ3n) is 4.68. The maximum Gasteiger partial charge on any atom is 0.253 e. The van der Waals surface area contributed by atoms with Gasteiger partial charge in [0, 0.05) is 35.1 Å². The molecule has 0 saturated carbocycles. The predicted octanol–water partition coefficient (Wildman–Crippen LogP) is 4.65. The van der Waals surface area contributed by atoms with E-state index in [0.29, 0.717) is 22.4 Å². The maximum atomic E-state index is 13.6. The number of anilines is 1. The predicted molar refractivity (Wildman–Crippen MR) is 112 cm³/mol. The van der Waals surface area contributed by atoms with Crippen molar-refractivity contribution in [3.05, 3.63) is 81.2 Å². The van der Waals surface area contributed by atoms with Crippen molar-refractivity contribution in [2.75, 3.05) is 5.32 Å². The van der Waals surface area contributed by atoms with Crippen LogP contribution in [0.2, 0.25) is 5.02 Å². The molecule has 0 bridgehead atoms. The van der Waals surface area contributed by atoms with Crippen molar-refractivity contribution in [1.82, 2.24) is 19.9 Å². The van der Waals surface area contributed by atoms with Crippen LogP contribution in [0.4, 0.5) is 10.3 Å². The second-order valence-corrected chi connectivity index (χ2v) is 7.14. The van der Waals surface area contributed by atoms with Gasteiger partial charge in [-0.2, -0.15) is 0 Å². The van der Waals surface area contributed by atoms with Crippen molar-refractivity contribution in [2.45, 2.75) is 19.9 Å². The van der Waals surface area contributed by atoms with E-state index >= 15 is 0 Å². The lowest BCUT2D eigenvalue weighted by atomic mass is 10.1. The highest BCUT2D eigenvalue weighted by atomic mass is 35.5. The van der Waals surface area contributed by atoms with Crippen molar-refractivity contribution < 1.29 is 4.39 Å². The van der Waals surface area contributed by atoms with Crippen LogP contribution in [0, 0.1) is 12.7 Å². The van der Waals surface area contributed by atoms with Gasteiger partial charge in [-0.1, -0.05) is 11.6 Å². The molecule has 1 aromatic carbocycles. The molecule has 29 heavy (non-hydrogen) atoms. The zero-order valence-corrected chi connectivity index (χ0v) is 16.5. The first-order valence-corrected chi connectivity index (χ1v) is 9.32. The molecule has 146 valence electrons. The number of aromatic amines is 1. The number of H-pyrrole nitrogens is 1. The van der Waals surface area contributed by atoms with Crippen LogP contribution in [0.5, 0.6) is 0 Å². The van der Waals surface area contributed by atoms with Gasteiger partial charge < -0.3 is 10.3 Å². The molecule has 4 aromatic rings. The second-order valence-electron chi connectivity index (χ2n) is 6.73. The van der Waals surface area contributed by atoms with Crippen molar-refractivity contribution in [3.63, 3.8) is 0 Å². The minimum Gasteiger partial charge on any atom is -0.347 e. The number of nitrogens with one attached hydrogen (secondary N) is 2. The smallest absolute Gasteiger partial charge is 0.253 e. The van der Waals surface area contributed by atoms with E-state index in [0.717, 1.165) is 16.8 Å². The minimum absolute atomic E-state index is 0.000124. The summed E-state index contributed by atoms with van der Waals surface area (Å²) in [7, 11) is 0. The first-order valence-electron chi connectivity index (χ1n) is 8.95. The van der Waals surface area contributed by atoms with Crippen LogP contribution in [0.3, 0.4) is 0 Å². The van der Waals surface area contributed by atoms with Gasteiger partial charge in [-0.15, -0.1) is 0 Å². The van der Waals surface area contributed by atoms with E-state index in [1.807, 2.05) is 26.0 Å². The fourth-order valence-electron chi connectivity index (χ4n) is 3.15. The molecule has 0 aliphatic heterocycles. The highest BCUT2D eigenvalue weighted by Crippen LogP contribution is 2.25. The van der Waals surface area contributed by atoms with Crippen molar-refractivity contribution >= 4 is 28.5 Å². The lowest BCUT2D eigenvalue weighted by Crippen LogP contribution is -2.20. The molecule has 8 heteroatoms. The van der Waals surface area contributed by atoms with Gasteiger partial charge in [0.2, 0.25) is 5.95 Å². The summed E-state index contributed by atoms with van der Waals surface area (Å²) in [6.45, 7) is 3.79. The molecular weight excluding hydrogens is 393 g/mol. The summed E-state index contributed by atoms with van der Waals surface area (Å²) in [5, 5.41) is 3.79. The number of benzene rings is 1. The van der Waals surface area contributed by atoms with E-state index in [1.165, 1.54) is 12.1 Å². The lowest BCUT2D eigenvalue weighted by Gasteiger charge is -2.15. The average Bonchev–Trinajstić information content (AvgIpc) is 2.69. The molecule has 0 fully saturated rings. The number of aryl methyl sites for hydroxylation is 1. The number of rotatable bonds is 4. The first-order chi connectivity index (χ1) is 13.9. The van der Waals surface area contributed by atoms with Gasteiger partial charge in [0.05, 0.1) is 22.3 Å². The molecule has 0 radical (unpaired) electrons. The normalized spacial score (nSPS) is 12.1. The number of nitrogens with zero attached hydrogens (tertiary/aromatic N) is 3. The summed E-state index contributed by atoms with van der Waals surface area (Å²) in [5.74, 6) is -0.187. The summed E-state index contributed by atoms with van der Waals surface area (Å²) >= 11 is 5.87. The quantitative estimate of drug-likeness (QED) is 0.512. The van der Waals surface area contributed by atoms with Crippen LogP contribution in [0.1, 0.15) is 24.1 Å². The van der Waals surface area contributed by atoms with E-state index in [-0.39, 0.29) is 16.6 Å². The van der Waals surface area contributed by atoms with Crippen molar-refractivity contribution in [2.24, 2.45) is 0 Å². The Morgan fingerprint density at radius 3 is 2.83 bits per heavy atom. The maximum absolute atomic E-state index is 13.6. The molecule has 0 spiro atoms. The monoisotopic (exact) mass is 409 g/mol. The van der Waals surface area contributed by atoms with Gasteiger partial charge >= 0.3 is 0 Å². The van der Waals surface area contributed by atoms with E-state index < -0.39 is 5.82 Å². The Morgan fingerprint density at radius 1 is 1.21 bits per heavy atom. The van der Waals surface area contributed by atoms with Gasteiger partial charge in [0.15, 0.2) is 0 Å². The standard InChI is InChI=1S/C21H17ClFN5O/c1-11-10-24-5-3-14(11)18-4-6-25-21(28-18)26-12(2)15-7-13-8-16(22)17(23)9-19(13)27-20(15)29/h3-10,12H,1-2H3,(H,27,29)(H,25,26,28)/t12-/m0/s1. The van der Waals surface area contributed by atoms with Crippen molar-refractivity contribution in [3.8, 4) is 11.3 Å². The van der Waals surface area contributed by atoms with Crippen LogP contribution in [0.15, 0.2) is 53.7 Å². The molecule has 2 N–H and O–H groups in total. The topological polar surface area (TPSA) is 83.6 Å². The Bertz CT molecular complexity index is 1270. The Morgan fingerprint density at radius 2 is 2.03 bits per heavy atom. The van der Waals surface area contributed by atoms with Gasteiger partial charge in [-0.05, 0) is 49.7 Å². The molecule has 3 heterocycles. The van der Waals surface area contributed by atoms with E-state index in [9.17, 15) is 9.18 Å². The van der Waals surface area contributed by atoms with Crippen LogP contribution >= 0.6 is 11.6 Å². The van der Waals surface area contributed by atoms with Gasteiger partial charge in [-0.25, -0.2) is 14.4 Å². The summed E-state index contributed by atoms with van der Waals surface area (Å²) in [4.78, 5) is 28.1. The highest BCUT2D eigenvalue weighted by molar-refractivity contribution is 6.31. The molecule has 6 nitrogen and oxygen atoms in total. The lowest BCUT2D eigenvalue weighted by molar-refractivity contribution is 0.629. The van der Waals surface area contributed by atoms with Crippen LogP contribution in [-0.2, 0) is 0 Å². The Balaban J connectivity index is 1.66. The molecule has 0 aliphatic carbocycles. The molecular formula is C21H17ClFN5O. The molecule has 3 aromatic heterocycles. The van der Waals surface area contributed by atoms with Gasteiger partial charge in [-0.3, -0.25) is 9.78 Å². The number of hydrogen-bond donors (Lipinski definition) is 2. The Labute approximate surface area is 170 Å². The van der Waals surface area contributed by atoms with Gasteiger partial charge in [0.1, 0.15) is 5.82 Å². The van der Waals surface area contributed by atoms with E-state index in [1.54, 1.807) is 24.7 Å². The summed E-state index contributed by atoms with van der Waals surface area (Å²) < 4.78 is 13.6. The Kier molecular flexibility index (Phi) is 4.98. The average molecular weight is 410 g/mol. The highest BCUT2D eigenvalue weighted by Gasteiger charge is 2.14. The van der Waals surface area contributed by atoms with Crippen molar-refractivity contribution in [1.29, 1.82) is 0 Å². The third-order valence-corrected chi connectivity index (χ3v) is 4.97. The molecule has 0 amide bonds. The summed E-state index contributed by atoms with van der Waals surface area (Å²) in [6, 6.07) is 7.71. The van der Waals surface area contributed by atoms with Crippen LogP contribution < -0.4 is 10.9 Å². The molecule has 4 rings (SSSR count). The SMILES string of the molecule is Cc1cnccc1-c1ccnc(N[C@@H](C)c2cc3cc(Cl)c(F)cc3[nH]c2=O)n1. The number of aromatic nitrogens is 4. The zero-order chi connectivity index (χ0) is 20.5. The molecule has 0 unspecified atom stereocenters. The molecule has 0 aliphatic rings. The second kappa shape index (κ2) is 7.60. The zero-order valence-electron chi connectivity index (χ0n) is 15.7.